The Morgan fingerprint density at radius 3 is 2.55 bits per heavy atom. The molecule has 0 aliphatic carbocycles. The van der Waals surface area contributed by atoms with Gasteiger partial charge in [0.25, 0.3) is 0 Å². The first-order chi connectivity index (χ1) is 9.80. The van der Waals surface area contributed by atoms with Crippen LogP contribution in [0.5, 0.6) is 11.6 Å². The van der Waals surface area contributed by atoms with Gasteiger partial charge in [-0.05, 0) is 34.6 Å². The van der Waals surface area contributed by atoms with Gasteiger partial charge in [-0.15, -0.1) is 0 Å². The van der Waals surface area contributed by atoms with Crippen molar-refractivity contribution in [1.29, 1.82) is 0 Å². The maximum absolute atomic E-state index is 5.23. The Hall–Kier alpha value is -2.83. The number of anilines is 2. The lowest BCUT2D eigenvalue weighted by molar-refractivity contribution is 0.314. The fourth-order valence-electron chi connectivity index (χ4n) is 1.79. The Morgan fingerprint density at radius 1 is 1.05 bits per heavy atom. The molecule has 0 bridgehead atoms. The molecule has 2 heterocycles. The van der Waals surface area contributed by atoms with Crippen LogP contribution in [-0.4, -0.2) is 29.5 Å². The monoisotopic (exact) mass is 272 g/mol. The van der Waals surface area contributed by atoms with Gasteiger partial charge < -0.3 is 14.8 Å². The van der Waals surface area contributed by atoms with E-state index in [1.54, 1.807) is 20.3 Å². The number of methoxy groups -OCH3 is 2. The van der Waals surface area contributed by atoms with Gasteiger partial charge in [-0.2, -0.15) is 4.98 Å². The van der Waals surface area contributed by atoms with Crippen LogP contribution in [0.1, 0.15) is 0 Å². The number of ether oxygens (including phenoxy) is 2. The molecule has 0 unspecified atom stereocenters. The summed E-state index contributed by atoms with van der Waals surface area (Å²) in [6.07, 6.45) is 0. The van der Waals surface area contributed by atoms with Gasteiger partial charge in [-0.3, -0.25) is 0 Å². The molecular weight excluding hydrogens is 260 g/mol. The molecule has 0 amide bonds. The molecule has 0 aliphatic rings. The molecule has 0 aliphatic heterocycles. The first-order valence-electron chi connectivity index (χ1n) is 5.88. The summed E-state index contributed by atoms with van der Waals surface area (Å²) >= 11 is 0. The van der Waals surface area contributed by atoms with Crippen molar-refractivity contribution in [1.82, 2.24) is 15.3 Å². The van der Waals surface area contributed by atoms with Gasteiger partial charge in [-0.25, -0.2) is 4.63 Å². The van der Waals surface area contributed by atoms with Gasteiger partial charge >= 0.3 is 0 Å². The Morgan fingerprint density at radius 2 is 1.85 bits per heavy atom. The molecule has 1 N–H and O–H groups in total. The standard InChI is InChI=1S/C13H12N4O3/c1-18-9-5-3-8(4-6-9)14-11-7-10-12(17-20-16-10)15-13(11)19-2/h3-7,14H,1-2H3. The summed E-state index contributed by atoms with van der Waals surface area (Å²) in [4.78, 5) is 4.21. The number of hydrogen-bond acceptors (Lipinski definition) is 7. The second kappa shape index (κ2) is 5.04. The molecule has 2 aromatic heterocycles. The van der Waals surface area contributed by atoms with E-state index in [1.165, 1.54) is 0 Å². The van der Waals surface area contributed by atoms with Gasteiger partial charge in [0.1, 0.15) is 11.4 Å². The molecule has 0 radical (unpaired) electrons. The number of benzene rings is 1. The molecule has 102 valence electrons. The Bertz CT molecular complexity index is 724. The van der Waals surface area contributed by atoms with E-state index in [0.29, 0.717) is 22.7 Å². The van der Waals surface area contributed by atoms with Gasteiger partial charge in [0.15, 0.2) is 5.52 Å². The zero-order chi connectivity index (χ0) is 13.9. The average molecular weight is 272 g/mol. The van der Waals surface area contributed by atoms with Gasteiger partial charge in [0.2, 0.25) is 11.5 Å². The van der Waals surface area contributed by atoms with Crippen molar-refractivity contribution < 1.29 is 14.1 Å². The molecule has 7 nitrogen and oxygen atoms in total. The quantitative estimate of drug-likeness (QED) is 0.780. The summed E-state index contributed by atoms with van der Waals surface area (Å²) in [6, 6.07) is 9.27. The van der Waals surface area contributed by atoms with Gasteiger partial charge in [0, 0.05) is 11.8 Å². The Labute approximate surface area is 114 Å². The molecule has 7 heteroatoms. The van der Waals surface area contributed by atoms with Crippen LogP contribution in [0.4, 0.5) is 11.4 Å². The topological polar surface area (TPSA) is 82.3 Å². The van der Waals surface area contributed by atoms with E-state index in [1.807, 2.05) is 24.3 Å². The molecule has 0 saturated carbocycles. The maximum Gasteiger partial charge on any atom is 0.239 e. The van der Waals surface area contributed by atoms with Crippen molar-refractivity contribution in [2.45, 2.75) is 0 Å². The van der Waals surface area contributed by atoms with Crippen LogP contribution in [0.15, 0.2) is 35.0 Å². The summed E-state index contributed by atoms with van der Waals surface area (Å²) in [5, 5.41) is 10.6. The van der Waals surface area contributed by atoms with E-state index >= 15 is 0 Å². The van der Waals surface area contributed by atoms with E-state index in [-0.39, 0.29) is 0 Å². The van der Waals surface area contributed by atoms with Crippen LogP contribution < -0.4 is 14.8 Å². The van der Waals surface area contributed by atoms with E-state index in [2.05, 4.69) is 25.2 Å². The highest BCUT2D eigenvalue weighted by Crippen LogP contribution is 2.28. The molecule has 0 atom stereocenters. The van der Waals surface area contributed by atoms with Crippen LogP contribution in [0, 0.1) is 0 Å². The normalized spacial score (nSPS) is 10.5. The van der Waals surface area contributed by atoms with Crippen LogP contribution in [0.3, 0.4) is 0 Å². The van der Waals surface area contributed by atoms with Crippen LogP contribution >= 0.6 is 0 Å². The molecular formula is C13H12N4O3. The number of hydrogen-bond donors (Lipinski definition) is 1. The van der Waals surface area contributed by atoms with Crippen LogP contribution in [0.2, 0.25) is 0 Å². The second-order valence-electron chi connectivity index (χ2n) is 4.01. The van der Waals surface area contributed by atoms with E-state index in [9.17, 15) is 0 Å². The lowest BCUT2D eigenvalue weighted by Gasteiger charge is -2.10. The number of pyridine rings is 1. The van der Waals surface area contributed by atoms with Crippen molar-refractivity contribution in [3.8, 4) is 11.6 Å². The lowest BCUT2D eigenvalue weighted by Crippen LogP contribution is -1.97. The predicted octanol–water partition coefficient (Wildman–Crippen LogP) is 2.38. The highest BCUT2D eigenvalue weighted by Gasteiger charge is 2.11. The van der Waals surface area contributed by atoms with Crippen molar-refractivity contribution in [3.05, 3.63) is 30.3 Å². The first kappa shape index (κ1) is 12.2. The lowest BCUT2D eigenvalue weighted by atomic mass is 10.3. The van der Waals surface area contributed by atoms with Crippen LogP contribution in [-0.2, 0) is 0 Å². The number of aromatic nitrogens is 3. The van der Waals surface area contributed by atoms with E-state index < -0.39 is 0 Å². The number of nitrogens with zero attached hydrogens (tertiary/aromatic N) is 3. The number of fused-ring (bicyclic) bond motifs is 1. The molecule has 3 aromatic rings. The minimum Gasteiger partial charge on any atom is -0.497 e. The average Bonchev–Trinajstić information content (AvgIpc) is 2.94. The fourth-order valence-corrected chi connectivity index (χ4v) is 1.79. The van der Waals surface area contributed by atoms with Gasteiger partial charge in [-0.1, -0.05) is 0 Å². The summed E-state index contributed by atoms with van der Waals surface area (Å²) in [6.45, 7) is 0. The van der Waals surface area contributed by atoms with Crippen molar-refractivity contribution in [2.75, 3.05) is 19.5 Å². The zero-order valence-corrected chi connectivity index (χ0v) is 11.0. The third-order valence-electron chi connectivity index (χ3n) is 2.78. The Balaban J connectivity index is 1.95. The SMILES string of the molecule is COc1ccc(Nc2cc3nonc3nc2OC)cc1. The highest BCUT2D eigenvalue weighted by atomic mass is 16.6. The minimum atomic E-state index is 0.405. The summed E-state index contributed by atoms with van der Waals surface area (Å²) in [5.74, 6) is 1.21. The van der Waals surface area contributed by atoms with Gasteiger partial charge in [0.05, 0.1) is 14.2 Å². The van der Waals surface area contributed by atoms with Crippen molar-refractivity contribution in [3.63, 3.8) is 0 Å². The number of rotatable bonds is 4. The largest absolute Gasteiger partial charge is 0.497 e. The van der Waals surface area contributed by atoms with Crippen molar-refractivity contribution in [2.24, 2.45) is 0 Å². The molecule has 1 aromatic carbocycles. The third-order valence-corrected chi connectivity index (χ3v) is 2.78. The third kappa shape index (κ3) is 2.20. The van der Waals surface area contributed by atoms with Crippen molar-refractivity contribution >= 4 is 22.5 Å². The fraction of sp³-hybridized carbons (Fsp3) is 0.154. The second-order valence-corrected chi connectivity index (χ2v) is 4.01. The molecule has 0 saturated heterocycles. The molecule has 20 heavy (non-hydrogen) atoms. The minimum absolute atomic E-state index is 0.405. The van der Waals surface area contributed by atoms with E-state index in [0.717, 1.165) is 11.4 Å². The summed E-state index contributed by atoms with van der Waals surface area (Å²) < 4.78 is 15.0. The highest BCUT2D eigenvalue weighted by molar-refractivity contribution is 5.78. The maximum atomic E-state index is 5.23. The first-order valence-corrected chi connectivity index (χ1v) is 5.88. The predicted molar refractivity (Wildman–Crippen MR) is 72.4 cm³/mol. The Kier molecular flexibility index (Phi) is 3.08. The summed E-state index contributed by atoms with van der Waals surface area (Å²) in [5.41, 5.74) is 2.52. The summed E-state index contributed by atoms with van der Waals surface area (Å²) in [7, 11) is 3.17. The van der Waals surface area contributed by atoms with Crippen LogP contribution in [0.25, 0.3) is 11.2 Å². The smallest absolute Gasteiger partial charge is 0.239 e. The molecule has 0 fully saturated rings. The zero-order valence-electron chi connectivity index (χ0n) is 11.0. The molecule has 3 rings (SSSR count). The molecule has 0 spiro atoms. The number of nitrogens with one attached hydrogen (secondary N) is 1. The van der Waals surface area contributed by atoms with E-state index in [4.69, 9.17) is 9.47 Å².